The molecule has 11 rings (SSSR count). The van der Waals surface area contributed by atoms with Crippen LogP contribution in [0, 0.1) is 0 Å². The van der Waals surface area contributed by atoms with Crippen LogP contribution in [0.1, 0.15) is 22.9 Å². The number of furan rings is 1. The molecule has 0 spiro atoms. The fraction of sp³-hybridized carbons (Fsp3) is 0.0213. The van der Waals surface area contributed by atoms with Gasteiger partial charge in [-0.3, -0.25) is 0 Å². The predicted octanol–water partition coefficient (Wildman–Crippen LogP) is 12.4. The van der Waals surface area contributed by atoms with Gasteiger partial charge >= 0.3 is 0 Å². The average Bonchev–Trinajstić information content (AvgIpc) is 3.79. The van der Waals surface area contributed by atoms with E-state index in [0.717, 1.165) is 55.9 Å². The summed E-state index contributed by atoms with van der Waals surface area (Å²) in [5, 5.41) is 13.2. The smallest absolute Gasteiger partial charge is 0.171 e. The van der Waals surface area contributed by atoms with Crippen LogP contribution in [-0.2, 0) is 0 Å². The van der Waals surface area contributed by atoms with Crippen molar-refractivity contribution in [3.63, 3.8) is 0 Å². The Morgan fingerprint density at radius 1 is 0.481 bits per heavy atom. The zero-order chi connectivity index (χ0) is 34.2. The lowest BCUT2D eigenvalue weighted by Gasteiger charge is -2.24. The summed E-state index contributed by atoms with van der Waals surface area (Å²) in [7, 11) is 0. The first-order valence-corrected chi connectivity index (χ1v) is 18.3. The Bertz CT molecular complexity index is 3120. The van der Waals surface area contributed by atoms with Crippen LogP contribution in [0.4, 0.5) is 0 Å². The minimum atomic E-state index is -0.553. The number of nitrogens with one attached hydrogen (secondary N) is 1. The lowest BCUT2D eigenvalue weighted by Crippen LogP contribution is -2.36. The summed E-state index contributed by atoms with van der Waals surface area (Å²) in [5.41, 5.74) is 7.00. The van der Waals surface area contributed by atoms with E-state index < -0.39 is 6.17 Å². The Morgan fingerprint density at radius 3 is 2.10 bits per heavy atom. The second-order valence-corrected chi connectivity index (χ2v) is 14.4. The first kappa shape index (κ1) is 29.2. The molecule has 1 aliphatic heterocycles. The summed E-state index contributed by atoms with van der Waals surface area (Å²) in [6.07, 6.45) is -0.553. The fourth-order valence-electron chi connectivity index (χ4n) is 7.93. The molecule has 3 heterocycles. The molecule has 244 valence electrons. The van der Waals surface area contributed by atoms with Gasteiger partial charge in [0, 0.05) is 47.6 Å². The second kappa shape index (κ2) is 11.5. The van der Waals surface area contributed by atoms with Crippen LogP contribution in [0.2, 0.25) is 0 Å². The van der Waals surface area contributed by atoms with Gasteiger partial charge in [0.25, 0.3) is 0 Å². The molecule has 1 aliphatic rings. The highest BCUT2D eigenvalue weighted by Crippen LogP contribution is 2.46. The molecule has 0 saturated carbocycles. The van der Waals surface area contributed by atoms with Crippen LogP contribution in [-0.4, -0.2) is 11.7 Å². The number of fused-ring (bicyclic) bond motifs is 9. The van der Waals surface area contributed by atoms with E-state index in [1.54, 1.807) is 0 Å². The van der Waals surface area contributed by atoms with Crippen molar-refractivity contribution in [3.05, 3.63) is 180 Å². The summed E-state index contributed by atoms with van der Waals surface area (Å²) < 4.78 is 9.04. The van der Waals surface area contributed by atoms with Crippen molar-refractivity contribution >= 4 is 86.7 Å². The topological polar surface area (TPSA) is 49.9 Å². The lowest BCUT2D eigenvalue weighted by molar-refractivity contribution is 0.667. The van der Waals surface area contributed by atoms with Gasteiger partial charge in [-0.05, 0) is 56.9 Å². The van der Waals surface area contributed by atoms with Crippen LogP contribution >= 0.6 is 11.3 Å². The quantitative estimate of drug-likeness (QED) is 0.188. The number of thiophene rings is 1. The van der Waals surface area contributed by atoms with Gasteiger partial charge in [0.1, 0.15) is 22.8 Å². The van der Waals surface area contributed by atoms with E-state index in [9.17, 15) is 0 Å². The molecule has 4 nitrogen and oxygen atoms in total. The van der Waals surface area contributed by atoms with Crippen molar-refractivity contribution in [1.82, 2.24) is 5.32 Å². The molecule has 1 atom stereocenters. The maximum absolute atomic E-state index is 6.51. The van der Waals surface area contributed by atoms with Crippen molar-refractivity contribution in [2.75, 3.05) is 0 Å². The molecule has 0 amide bonds. The second-order valence-electron chi connectivity index (χ2n) is 13.3. The largest absolute Gasteiger partial charge is 0.456 e. The third-order valence-corrected chi connectivity index (χ3v) is 11.6. The van der Waals surface area contributed by atoms with Gasteiger partial charge in [-0.1, -0.05) is 140 Å². The van der Waals surface area contributed by atoms with E-state index in [0.29, 0.717) is 0 Å². The molecule has 0 saturated heterocycles. The maximum atomic E-state index is 6.51. The SMILES string of the molecule is c1ccc(C2=NC(c3c(-c4cccc5c4sc4ccccc45)ccc4oc5ccccc5c34)N=C(c3ccc4c(ccc5ccccc54)c3)N2)cc1. The highest BCUT2D eigenvalue weighted by Gasteiger charge is 2.28. The van der Waals surface area contributed by atoms with Gasteiger partial charge < -0.3 is 9.73 Å². The van der Waals surface area contributed by atoms with Crippen molar-refractivity contribution < 1.29 is 4.42 Å². The molecule has 1 N–H and O–H groups in total. The molecular weight excluding hydrogens is 655 g/mol. The molecule has 1 unspecified atom stereocenters. The highest BCUT2D eigenvalue weighted by molar-refractivity contribution is 7.26. The molecule has 8 aromatic carbocycles. The molecule has 0 bridgehead atoms. The maximum Gasteiger partial charge on any atom is 0.171 e. The van der Waals surface area contributed by atoms with Crippen LogP contribution in [0.5, 0.6) is 0 Å². The molecule has 52 heavy (non-hydrogen) atoms. The van der Waals surface area contributed by atoms with Crippen LogP contribution in [0.15, 0.2) is 178 Å². The summed E-state index contributed by atoms with van der Waals surface area (Å²) in [4.78, 5) is 10.9. The van der Waals surface area contributed by atoms with Gasteiger partial charge in [0.2, 0.25) is 0 Å². The van der Waals surface area contributed by atoms with E-state index in [2.05, 4.69) is 151 Å². The Balaban J connectivity index is 1.19. The van der Waals surface area contributed by atoms with E-state index in [-0.39, 0.29) is 0 Å². The van der Waals surface area contributed by atoms with E-state index >= 15 is 0 Å². The van der Waals surface area contributed by atoms with Crippen molar-refractivity contribution in [3.8, 4) is 11.1 Å². The van der Waals surface area contributed by atoms with E-state index in [1.165, 1.54) is 47.3 Å². The van der Waals surface area contributed by atoms with Gasteiger partial charge in [-0.15, -0.1) is 11.3 Å². The van der Waals surface area contributed by atoms with Crippen molar-refractivity contribution in [1.29, 1.82) is 0 Å². The van der Waals surface area contributed by atoms with Gasteiger partial charge in [-0.2, -0.15) is 0 Å². The number of hydrogen-bond donors (Lipinski definition) is 1. The minimum absolute atomic E-state index is 0.553. The van der Waals surface area contributed by atoms with Crippen LogP contribution < -0.4 is 5.32 Å². The number of hydrogen-bond acceptors (Lipinski definition) is 5. The summed E-state index contributed by atoms with van der Waals surface area (Å²) in [6, 6.07) is 57.9. The Labute approximate surface area is 303 Å². The minimum Gasteiger partial charge on any atom is -0.456 e. The number of para-hydroxylation sites is 1. The summed E-state index contributed by atoms with van der Waals surface area (Å²) in [5.74, 6) is 1.56. The molecule has 2 aromatic heterocycles. The summed E-state index contributed by atoms with van der Waals surface area (Å²) in [6.45, 7) is 0. The van der Waals surface area contributed by atoms with Gasteiger partial charge in [-0.25, -0.2) is 9.98 Å². The fourth-order valence-corrected chi connectivity index (χ4v) is 9.16. The predicted molar refractivity (Wildman–Crippen MR) is 219 cm³/mol. The highest BCUT2D eigenvalue weighted by atomic mass is 32.1. The first-order valence-electron chi connectivity index (χ1n) is 17.5. The Kier molecular flexibility index (Phi) is 6.45. The van der Waals surface area contributed by atoms with E-state index in [4.69, 9.17) is 14.4 Å². The normalized spacial score (nSPS) is 14.7. The van der Waals surface area contributed by atoms with Crippen LogP contribution in [0.3, 0.4) is 0 Å². The van der Waals surface area contributed by atoms with E-state index in [1.807, 2.05) is 29.5 Å². The molecule has 0 fully saturated rings. The van der Waals surface area contributed by atoms with Crippen molar-refractivity contribution in [2.45, 2.75) is 6.17 Å². The molecule has 0 radical (unpaired) electrons. The third kappa shape index (κ3) is 4.53. The number of nitrogens with zero attached hydrogens (tertiary/aromatic N) is 2. The third-order valence-electron chi connectivity index (χ3n) is 10.3. The number of amidine groups is 2. The van der Waals surface area contributed by atoms with Gasteiger partial charge in [0.15, 0.2) is 6.17 Å². The zero-order valence-corrected chi connectivity index (χ0v) is 28.7. The number of rotatable bonds is 4. The number of benzene rings is 8. The monoisotopic (exact) mass is 683 g/mol. The lowest BCUT2D eigenvalue weighted by atomic mass is 9.92. The summed E-state index contributed by atoms with van der Waals surface area (Å²) >= 11 is 1.84. The Hall–Kier alpha value is -6.56. The molecule has 0 aliphatic carbocycles. The molecular formula is C47H29N3OS. The average molecular weight is 684 g/mol. The van der Waals surface area contributed by atoms with Gasteiger partial charge in [0.05, 0.1) is 0 Å². The van der Waals surface area contributed by atoms with Crippen LogP contribution in [0.25, 0.3) is 74.8 Å². The first-order chi connectivity index (χ1) is 25.8. The molecule has 10 aromatic rings. The number of aliphatic imine (C=N–C) groups is 2. The standard InChI is InChI=1S/C47H29N3OS/c1-2-12-29(13-3-1)45-48-46(31-23-24-33-30(27-31)22-21-28-11-4-5-14-32(28)33)50-47(49-45)43-35(25-26-40-42(43)38-16-6-8-19-39(38)51-40)37-18-10-17-36-34-15-7-9-20-41(34)52-44(36)37/h1-27,47H,(H,48,49,50). The molecule has 5 heteroatoms. The zero-order valence-electron chi connectivity index (χ0n) is 27.9. The Morgan fingerprint density at radius 2 is 1.19 bits per heavy atom. The van der Waals surface area contributed by atoms with Crippen molar-refractivity contribution in [2.24, 2.45) is 9.98 Å².